The standard InChI is InChI=1S/C30H48O3.C10H12ClNO/c1-18(2)19-10-15-30(25(32)33)17-16-28(6)20(24(19)30)8-9-22-27(5)13-12-23(31)26(3,4)21(27)11-14-29(22,28)7;11-7-6-10(13)12-8-9-4-2-1-3-5-9/h19-24,31H,1,8-17H2,2-7H3,(H,32,33);1-5H,6-8H2,(H,12,13)/t19-,20+,21-,22+,23-,24+,27-,28+,29+,30-;/m0./s1. The van der Waals surface area contributed by atoms with Crippen LogP contribution in [0.15, 0.2) is 42.5 Å². The Hall–Kier alpha value is -1.85. The Bertz CT molecular complexity index is 1300. The molecular formula is C40H60ClNO4. The molecule has 5 nitrogen and oxygen atoms in total. The number of aliphatic carboxylic acids is 1. The van der Waals surface area contributed by atoms with Gasteiger partial charge < -0.3 is 15.5 Å². The molecule has 0 heterocycles. The molecule has 10 atom stereocenters. The van der Waals surface area contributed by atoms with Gasteiger partial charge in [-0.3, -0.25) is 9.59 Å². The lowest BCUT2D eigenvalue weighted by atomic mass is 9.32. The van der Waals surface area contributed by atoms with E-state index in [0.717, 1.165) is 44.1 Å². The quantitative estimate of drug-likeness (QED) is 0.211. The van der Waals surface area contributed by atoms with Crippen LogP contribution in [0.5, 0.6) is 0 Å². The van der Waals surface area contributed by atoms with Crippen molar-refractivity contribution in [2.75, 3.05) is 5.88 Å². The van der Waals surface area contributed by atoms with Crippen LogP contribution in [0.25, 0.3) is 0 Å². The lowest BCUT2D eigenvalue weighted by Gasteiger charge is -2.72. The van der Waals surface area contributed by atoms with Crippen molar-refractivity contribution in [1.82, 2.24) is 5.32 Å². The van der Waals surface area contributed by atoms with Gasteiger partial charge in [0.25, 0.3) is 0 Å². The number of allylic oxidation sites excluding steroid dienone is 1. The van der Waals surface area contributed by atoms with Gasteiger partial charge in [0.2, 0.25) is 5.91 Å². The highest BCUT2D eigenvalue weighted by molar-refractivity contribution is 6.18. The number of benzene rings is 1. The van der Waals surface area contributed by atoms with Crippen LogP contribution in [0.2, 0.25) is 0 Å². The summed E-state index contributed by atoms with van der Waals surface area (Å²) >= 11 is 5.42. The highest BCUT2D eigenvalue weighted by atomic mass is 35.5. The van der Waals surface area contributed by atoms with Crippen molar-refractivity contribution in [3.8, 4) is 0 Å². The molecule has 5 fully saturated rings. The van der Waals surface area contributed by atoms with Crippen molar-refractivity contribution in [3.63, 3.8) is 0 Å². The van der Waals surface area contributed by atoms with Crippen molar-refractivity contribution >= 4 is 23.5 Å². The van der Waals surface area contributed by atoms with Gasteiger partial charge in [0, 0.05) is 18.8 Å². The molecule has 6 rings (SSSR count). The highest BCUT2D eigenvalue weighted by Gasteiger charge is 2.72. The van der Waals surface area contributed by atoms with E-state index >= 15 is 0 Å². The van der Waals surface area contributed by atoms with E-state index in [1.165, 1.54) is 31.3 Å². The van der Waals surface area contributed by atoms with E-state index in [1.807, 2.05) is 30.3 Å². The second-order valence-electron chi connectivity index (χ2n) is 17.2. The van der Waals surface area contributed by atoms with E-state index in [2.05, 4.69) is 53.4 Å². The van der Waals surface area contributed by atoms with E-state index in [0.29, 0.717) is 42.5 Å². The Morgan fingerprint density at radius 2 is 1.59 bits per heavy atom. The topological polar surface area (TPSA) is 86.6 Å². The van der Waals surface area contributed by atoms with Crippen LogP contribution in [0, 0.1) is 56.7 Å². The largest absolute Gasteiger partial charge is 0.481 e. The Morgan fingerprint density at radius 1 is 0.891 bits per heavy atom. The summed E-state index contributed by atoms with van der Waals surface area (Å²) < 4.78 is 0. The molecule has 0 spiro atoms. The number of fused-ring (bicyclic) bond motifs is 7. The average molecular weight is 654 g/mol. The molecule has 5 saturated carbocycles. The molecule has 5 aliphatic rings. The molecule has 0 aromatic heterocycles. The predicted octanol–water partition coefficient (Wildman–Crippen LogP) is 9.02. The molecular weight excluding hydrogens is 594 g/mol. The summed E-state index contributed by atoms with van der Waals surface area (Å²) in [6, 6.07) is 9.79. The summed E-state index contributed by atoms with van der Waals surface area (Å²) in [6.07, 6.45) is 10.8. The molecule has 1 aromatic carbocycles. The summed E-state index contributed by atoms with van der Waals surface area (Å²) in [5.41, 5.74) is 2.46. The predicted molar refractivity (Wildman–Crippen MR) is 186 cm³/mol. The molecule has 5 aliphatic carbocycles. The monoisotopic (exact) mass is 653 g/mol. The number of alkyl halides is 1. The van der Waals surface area contributed by atoms with E-state index in [9.17, 15) is 19.8 Å². The van der Waals surface area contributed by atoms with Crippen molar-refractivity contribution < 1.29 is 19.8 Å². The van der Waals surface area contributed by atoms with Crippen LogP contribution < -0.4 is 5.32 Å². The number of hydrogen-bond acceptors (Lipinski definition) is 3. The first-order valence-electron chi connectivity index (χ1n) is 18.0. The van der Waals surface area contributed by atoms with Gasteiger partial charge in [-0.05, 0) is 128 Å². The smallest absolute Gasteiger partial charge is 0.309 e. The summed E-state index contributed by atoms with van der Waals surface area (Å²) in [6.45, 7) is 19.4. The van der Waals surface area contributed by atoms with Gasteiger partial charge in [0.15, 0.2) is 0 Å². The third-order valence-corrected chi connectivity index (χ3v) is 15.3. The number of carbonyl (C=O) groups excluding carboxylic acids is 1. The van der Waals surface area contributed by atoms with Crippen molar-refractivity contribution in [2.45, 2.75) is 125 Å². The number of carboxylic acid groups (broad SMARTS) is 1. The average Bonchev–Trinajstić information content (AvgIpc) is 3.41. The van der Waals surface area contributed by atoms with Crippen LogP contribution in [0.1, 0.15) is 118 Å². The SMILES string of the molecule is C=C(C)[C@@H]1CC[C@]2(C(=O)O)CC[C@]3(C)[C@H](CC[C@@H]4[C@@]5(C)CC[C@H](O)C(C)(C)[C@@H]5CC[C@]43C)[C@@H]12.O=C(CCCl)NCc1ccccc1. The lowest BCUT2D eigenvalue weighted by molar-refractivity contribution is -0.248. The second-order valence-corrected chi connectivity index (χ2v) is 17.6. The first-order valence-corrected chi connectivity index (χ1v) is 18.6. The first-order chi connectivity index (χ1) is 21.6. The number of aliphatic hydroxyl groups excluding tert-OH is 1. The Morgan fingerprint density at radius 3 is 2.22 bits per heavy atom. The van der Waals surface area contributed by atoms with E-state index in [1.54, 1.807) is 0 Å². The van der Waals surface area contributed by atoms with Crippen LogP contribution in [0.4, 0.5) is 0 Å². The minimum absolute atomic E-state index is 0.00106. The van der Waals surface area contributed by atoms with Crippen molar-refractivity contribution in [1.29, 1.82) is 0 Å². The normalized spacial score (nSPS) is 42.2. The molecule has 0 unspecified atom stereocenters. The maximum atomic E-state index is 12.8. The Kier molecular flexibility index (Phi) is 9.93. The fourth-order valence-corrected chi connectivity index (χ4v) is 12.6. The molecule has 3 N–H and O–H groups in total. The molecule has 0 bridgehead atoms. The number of rotatable bonds is 6. The molecule has 0 saturated heterocycles. The van der Waals surface area contributed by atoms with Crippen LogP contribution in [0.3, 0.4) is 0 Å². The second kappa shape index (κ2) is 12.9. The van der Waals surface area contributed by atoms with E-state index < -0.39 is 11.4 Å². The number of aliphatic hydroxyl groups is 1. The number of halogens is 1. The lowest BCUT2D eigenvalue weighted by Crippen LogP contribution is -2.67. The van der Waals surface area contributed by atoms with Gasteiger partial charge in [0.05, 0.1) is 11.5 Å². The molecule has 256 valence electrons. The van der Waals surface area contributed by atoms with E-state index in [4.69, 9.17) is 11.6 Å². The number of nitrogens with one attached hydrogen (secondary N) is 1. The summed E-state index contributed by atoms with van der Waals surface area (Å²) in [5, 5.41) is 24.2. The van der Waals surface area contributed by atoms with E-state index in [-0.39, 0.29) is 39.6 Å². The fourth-order valence-electron chi connectivity index (χ4n) is 12.5. The number of carboxylic acids is 1. The number of amides is 1. The van der Waals surface area contributed by atoms with Crippen LogP contribution in [-0.4, -0.2) is 34.1 Å². The zero-order valence-electron chi connectivity index (χ0n) is 29.3. The third kappa shape index (κ3) is 5.57. The summed E-state index contributed by atoms with van der Waals surface area (Å²) in [5.74, 6) is 2.17. The van der Waals surface area contributed by atoms with Crippen molar-refractivity contribution in [3.05, 3.63) is 48.0 Å². The molecule has 0 radical (unpaired) electrons. The minimum Gasteiger partial charge on any atom is -0.481 e. The third-order valence-electron chi connectivity index (χ3n) is 15.1. The fraction of sp³-hybridized carbons (Fsp3) is 0.750. The Labute approximate surface area is 283 Å². The molecule has 1 aromatic rings. The van der Waals surface area contributed by atoms with Gasteiger partial charge in [-0.2, -0.15) is 0 Å². The summed E-state index contributed by atoms with van der Waals surface area (Å²) in [4.78, 5) is 23.8. The molecule has 6 heteroatoms. The van der Waals surface area contributed by atoms with Gasteiger partial charge in [0.1, 0.15) is 0 Å². The number of carbonyl (C=O) groups is 2. The zero-order valence-corrected chi connectivity index (χ0v) is 30.1. The van der Waals surface area contributed by atoms with Crippen LogP contribution in [-0.2, 0) is 16.1 Å². The van der Waals surface area contributed by atoms with Crippen molar-refractivity contribution in [2.24, 2.45) is 56.7 Å². The highest BCUT2D eigenvalue weighted by Crippen LogP contribution is 2.77. The number of hydrogen-bond donors (Lipinski definition) is 3. The maximum absolute atomic E-state index is 12.8. The molecule has 46 heavy (non-hydrogen) atoms. The minimum atomic E-state index is -0.538. The maximum Gasteiger partial charge on any atom is 0.309 e. The Balaban J connectivity index is 0.000000270. The molecule has 0 aliphatic heterocycles. The van der Waals surface area contributed by atoms with Gasteiger partial charge in [-0.1, -0.05) is 77.1 Å². The van der Waals surface area contributed by atoms with Crippen LogP contribution >= 0.6 is 11.6 Å². The molecule has 1 amide bonds. The van der Waals surface area contributed by atoms with Gasteiger partial charge >= 0.3 is 5.97 Å². The van der Waals surface area contributed by atoms with Gasteiger partial charge in [-0.25, -0.2) is 0 Å². The first kappa shape index (κ1) is 35.5. The van der Waals surface area contributed by atoms with Gasteiger partial charge in [-0.15, -0.1) is 11.6 Å². The zero-order chi connectivity index (χ0) is 33.7. The summed E-state index contributed by atoms with van der Waals surface area (Å²) in [7, 11) is 0.